The first-order valence-corrected chi connectivity index (χ1v) is 8.25. The van der Waals surface area contributed by atoms with Crippen LogP contribution >= 0.6 is 0 Å². The van der Waals surface area contributed by atoms with Crippen LogP contribution in [-0.4, -0.2) is 30.0 Å². The molecule has 0 saturated heterocycles. The zero-order valence-electron chi connectivity index (χ0n) is 15.1. The van der Waals surface area contributed by atoms with Crippen molar-refractivity contribution in [3.05, 3.63) is 68.4 Å². The van der Waals surface area contributed by atoms with Crippen molar-refractivity contribution in [3.8, 4) is 5.75 Å². The van der Waals surface area contributed by atoms with Gasteiger partial charge in [-0.2, -0.15) is 0 Å². The molecule has 144 valence electrons. The smallest absolute Gasteiger partial charge is 0.257 e. The lowest BCUT2D eigenvalue weighted by Gasteiger charge is -2.19. The van der Waals surface area contributed by atoms with Crippen LogP contribution < -0.4 is 21.5 Å². The third kappa shape index (κ3) is 3.29. The average molecular weight is 373 g/mol. The molecule has 0 aliphatic rings. The summed E-state index contributed by atoms with van der Waals surface area (Å²) in [7, 11) is 3.13. The number of hydrogen-bond acceptors (Lipinski definition) is 7. The van der Waals surface area contributed by atoms with Crippen molar-refractivity contribution in [2.45, 2.75) is 13.0 Å². The minimum Gasteiger partial charge on any atom is -0.505 e. The van der Waals surface area contributed by atoms with Crippen LogP contribution in [0.3, 0.4) is 0 Å². The van der Waals surface area contributed by atoms with E-state index in [9.17, 15) is 19.5 Å². The van der Waals surface area contributed by atoms with Crippen LogP contribution in [0.25, 0.3) is 0 Å². The maximum Gasteiger partial charge on any atom is 0.257 e. The van der Waals surface area contributed by atoms with Crippen molar-refractivity contribution in [3.63, 3.8) is 0 Å². The predicted octanol–water partition coefficient (Wildman–Crippen LogP) is 2.69. The summed E-state index contributed by atoms with van der Waals surface area (Å²) in [6.45, 7) is 1.79. The Morgan fingerprint density at radius 2 is 1.85 bits per heavy atom. The van der Waals surface area contributed by atoms with Gasteiger partial charge in [0.1, 0.15) is 17.1 Å². The molecule has 1 amide bonds. The second kappa shape index (κ2) is 6.99. The van der Waals surface area contributed by atoms with Gasteiger partial charge in [0.15, 0.2) is 5.75 Å². The van der Waals surface area contributed by atoms with Crippen molar-refractivity contribution in [1.82, 2.24) is 4.90 Å². The number of para-hydroxylation sites is 1. The fourth-order valence-corrected chi connectivity index (χ4v) is 2.67. The highest BCUT2D eigenvalue weighted by molar-refractivity contribution is 5.99. The van der Waals surface area contributed by atoms with Crippen LogP contribution in [0.4, 0.5) is 17.1 Å². The van der Waals surface area contributed by atoms with Crippen molar-refractivity contribution >= 4 is 23.0 Å². The van der Waals surface area contributed by atoms with Gasteiger partial charge >= 0.3 is 0 Å². The first kappa shape index (κ1) is 18.2. The summed E-state index contributed by atoms with van der Waals surface area (Å²) in [5.41, 5.74) is -0.981. The fourth-order valence-electron chi connectivity index (χ4n) is 2.67. The number of amides is 1. The molecule has 0 spiro atoms. The summed E-state index contributed by atoms with van der Waals surface area (Å²) in [4.78, 5) is 37.4. The summed E-state index contributed by atoms with van der Waals surface area (Å²) >= 11 is 0. The highest BCUT2D eigenvalue weighted by Crippen LogP contribution is 2.32. The van der Waals surface area contributed by atoms with Gasteiger partial charge in [-0.25, -0.2) is 0 Å². The number of hydrogen-bond donors (Lipinski definition) is 3. The number of carbonyl (C=O) groups excluding carboxylic acids is 1. The number of rotatable bonds is 6. The highest BCUT2D eigenvalue weighted by atomic mass is 16.3. The largest absolute Gasteiger partial charge is 0.505 e. The molecule has 0 aliphatic heterocycles. The first-order valence-electron chi connectivity index (χ1n) is 8.25. The van der Waals surface area contributed by atoms with Gasteiger partial charge in [0.2, 0.25) is 0 Å². The molecule has 0 fully saturated rings. The number of furan rings is 1. The zero-order chi connectivity index (χ0) is 19.7. The lowest BCUT2D eigenvalue weighted by atomic mass is 10.1. The number of anilines is 3. The molecular formula is C19H23N3O5. The number of phenols is 1. The summed E-state index contributed by atoms with van der Waals surface area (Å²) in [6, 6.07) is 7.70. The van der Waals surface area contributed by atoms with Crippen molar-refractivity contribution in [2.24, 2.45) is 0 Å². The van der Waals surface area contributed by atoms with E-state index < -0.39 is 10.9 Å². The van der Waals surface area contributed by atoms with Gasteiger partial charge in [-0.3, -0.25) is 14.4 Å². The minimum absolute atomic E-state index is 0. The quantitative estimate of drug-likeness (QED) is 0.450. The molecule has 1 unspecified atom stereocenters. The van der Waals surface area contributed by atoms with Crippen LogP contribution in [-0.2, 0) is 0 Å². The van der Waals surface area contributed by atoms with Crippen LogP contribution in [0.5, 0.6) is 5.75 Å². The van der Waals surface area contributed by atoms with E-state index in [2.05, 4.69) is 10.6 Å². The Morgan fingerprint density at radius 1 is 1.15 bits per heavy atom. The third-order valence-electron chi connectivity index (χ3n) is 4.17. The van der Waals surface area contributed by atoms with E-state index >= 15 is 0 Å². The summed E-state index contributed by atoms with van der Waals surface area (Å²) in [6.07, 6.45) is 1.51. The summed E-state index contributed by atoms with van der Waals surface area (Å²) in [5, 5.41) is 16.1. The molecule has 0 aliphatic carbocycles. The molecule has 0 bridgehead atoms. The molecule has 0 radical (unpaired) electrons. The minimum atomic E-state index is -0.701. The SMILES string of the molecule is CC(Nc1c(Nc2cccc(C(=O)N(C)C)c2O)c(=O)c1=O)c1ccco1.[HH].[HH]. The molecule has 8 heteroatoms. The summed E-state index contributed by atoms with van der Waals surface area (Å²) < 4.78 is 5.28. The van der Waals surface area contributed by atoms with Crippen LogP contribution in [0, 0.1) is 0 Å². The third-order valence-corrected chi connectivity index (χ3v) is 4.17. The van der Waals surface area contributed by atoms with Gasteiger partial charge in [0, 0.05) is 16.9 Å². The second-order valence-corrected chi connectivity index (χ2v) is 6.32. The van der Waals surface area contributed by atoms with Gasteiger partial charge in [-0.1, -0.05) is 6.07 Å². The molecule has 0 saturated carbocycles. The molecule has 3 aromatic rings. The predicted molar refractivity (Wildman–Crippen MR) is 106 cm³/mol. The number of nitrogens with one attached hydrogen (secondary N) is 2. The van der Waals surface area contributed by atoms with Crippen LogP contribution in [0.1, 0.15) is 31.9 Å². The highest BCUT2D eigenvalue weighted by Gasteiger charge is 2.25. The molecule has 1 aromatic heterocycles. The maximum atomic E-state index is 12.1. The number of benzene rings is 1. The van der Waals surface area contributed by atoms with E-state index in [1.165, 1.54) is 23.3 Å². The number of carbonyl (C=O) groups is 1. The van der Waals surface area contributed by atoms with Gasteiger partial charge in [0.05, 0.1) is 23.6 Å². The fraction of sp³-hybridized carbons (Fsp3) is 0.211. The maximum absolute atomic E-state index is 12.1. The van der Waals surface area contributed by atoms with Crippen molar-refractivity contribution < 1.29 is 17.2 Å². The van der Waals surface area contributed by atoms with E-state index in [0.29, 0.717) is 5.76 Å². The Balaban J connectivity index is 0.00000210. The van der Waals surface area contributed by atoms with Gasteiger partial charge in [-0.15, -0.1) is 0 Å². The Kier molecular flexibility index (Phi) is 4.72. The molecule has 27 heavy (non-hydrogen) atoms. The zero-order valence-corrected chi connectivity index (χ0v) is 15.1. The van der Waals surface area contributed by atoms with E-state index in [1.807, 2.05) is 0 Å². The van der Waals surface area contributed by atoms with Crippen molar-refractivity contribution in [1.29, 1.82) is 0 Å². The molecule has 1 heterocycles. The Bertz CT molecular complexity index is 1060. The molecule has 1 atom stereocenters. The number of phenolic OH excluding ortho intramolecular Hbond substituents is 1. The number of aromatic hydroxyl groups is 1. The monoisotopic (exact) mass is 373 g/mol. The normalized spacial score (nSPS) is 12.0. The number of nitrogens with zero attached hydrogens (tertiary/aromatic N) is 1. The average Bonchev–Trinajstić information content (AvgIpc) is 3.19. The second-order valence-electron chi connectivity index (χ2n) is 6.32. The van der Waals surface area contributed by atoms with Gasteiger partial charge in [0.25, 0.3) is 16.8 Å². The van der Waals surface area contributed by atoms with Gasteiger partial charge in [-0.05, 0) is 31.2 Å². The topological polar surface area (TPSA) is 112 Å². The van der Waals surface area contributed by atoms with E-state index in [-0.39, 0.29) is 43.2 Å². The van der Waals surface area contributed by atoms with E-state index in [0.717, 1.165) is 0 Å². The van der Waals surface area contributed by atoms with Gasteiger partial charge < -0.3 is 25.1 Å². The standard InChI is InChI=1S/C19H19N3O5.2H2/c1-10(13-8-5-9-27-13)20-14-15(18(25)17(14)24)21-12-7-4-6-11(16(12)23)19(26)22(2)3;;/h4-10,20-21,23H,1-3H3;2*1H. The lowest BCUT2D eigenvalue weighted by molar-refractivity contribution is 0.0824. The molecular weight excluding hydrogens is 350 g/mol. The lowest BCUT2D eigenvalue weighted by Crippen LogP contribution is -2.37. The summed E-state index contributed by atoms with van der Waals surface area (Å²) in [5.74, 6) is -0.0735. The van der Waals surface area contributed by atoms with Crippen LogP contribution in [0.15, 0.2) is 50.6 Å². The molecule has 3 N–H and O–H groups in total. The van der Waals surface area contributed by atoms with E-state index in [4.69, 9.17) is 4.42 Å². The van der Waals surface area contributed by atoms with Crippen LogP contribution in [0.2, 0.25) is 0 Å². The molecule has 3 rings (SSSR count). The Hall–Kier alpha value is -3.55. The first-order chi connectivity index (χ1) is 12.8. The van der Waals surface area contributed by atoms with E-state index in [1.54, 1.807) is 39.2 Å². The van der Waals surface area contributed by atoms with Crippen molar-refractivity contribution in [2.75, 3.05) is 24.7 Å². The Labute approximate surface area is 157 Å². The molecule has 8 nitrogen and oxygen atoms in total. The Morgan fingerprint density at radius 3 is 2.48 bits per heavy atom. The molecule has 2 aromatic carbocycles.